The molecular formula is C8H11BrClNO. The number of nitrogens with zero attached hydrogens (tertiary/aromatic N) is 1. The molecule has 0 unspecified atom stereocenters. The molecule has 0 aliphatic heterocycles. The Labute approximate surface area is 85.6 Å². The molecule has 4 heteroatoms. The molecule has 0 aromatic carbocycles. The normalized spacial score (nSPS) is 9.25. The van der Waals surface area contributed by atoms with Gasteiger partial charge in [-0.15, -0.1) is 11.6 Å². The lowest BCUT2D eigenvalue weighted by atomic mass is 10.3. The molecule has 2 nitrogen and oxygen atoms in total. The molecule has 0 fully saturated rings. The van der Waals surface area contributed by atoms with Crippen LogP contribution in [0, 0.1) is 0 Å². The SMILES string of the molecule is C.Cn1c(Br)ccc1C(=O)CCl. The summed E-state index contributed by atoms with van der Waals surface area (Å²) < 4.78 is 2.64. The minimum Gasteiger partial charge on any atom is -0.336 e. The van der Waals surface area contributed by atoms with Gasteiger partial charge in [-0.25, -0.2) is 0 Å². The van der Waals surface area contributed by atoms with Gasteiger partial charge < -0.3 is 4.57 Å². The van der Waals surface area contributed by atoms with Crippen molar-refractivity contribution in [3.63, 3.8) is 0 Å². The number of ketones is 1. The van der Waals surface area contributed by atoms with Gasteiger partial charge in [-0.3, -0.25) is 4.79 Å². The second-order valence-electron chi connectivity index (χ2n) is 2.16. The Morgan fingerprint density at radius 2 is 2.25 bits per heavy atom. The van der Waals surface area contributed by atoms with Gasteiger partial charge in [-0.05, 0) is 28.1 Å². The van der Waals surface area contributed by atoms with E-state index in [2.05, 4.69) is 15.9 Å². The number of alkyl halides is 1. The van der Waals surface area contributed by atoms with E-state index in [1.54, 1.807) is 10.6 Å². The van der Waals surface area contributed by atoms with Crippen LogP contribution in [0.5, 0.6) is 0 Å². The van der Waals surface area contributed by atoms with E-state index in [4.69, 9.17) is 11.6 Å². The number of halogens is 2. The molecule has 1 heterocycles. The zero-order valence-corrected chi connectivity index (χ0v) is 8.32. The Bertz CT molecular complexity index is 283. The topological polar surface area (TPSA) is 22.0 Å². The number of hydrogen-bond donors (Lipinski definition) is 0. The Morgan fingerprint density at radius 1 is 1.67 bits per heavy atom. The fourth-order valence-corrected chi connectivity index (χ4v) is 1.29. The number of carbonyl (C=O) groups excluding carboxylic acids is 1. The zero-order valence-electron chi connectivity index (χ0n) is 5.97. The van der Waals surface area contributed by atoms with Gasteiger partial charge in [0, 0.05) is 7.05 Å². The van der Waals surface area contributed by atoms with Crippen molar-refractivity contribution in [1.82, 2.24) is 4.57 Å². The van der Waals surface area contributed by atoms with Crippen LogP contribution < -0.4 is 0 Å². The van der Waals surface area contributed by atoms with E-state index < -0.39 is 0 Å². The number of Topliss-reactive ketones (excluding diaryl/α,β-unsaturated/α-hetero) is 1. The lowest BCUT2D eigenvalue weighted by Crippen LogP contribution is -2.06. The summed E-state index contributed by atoms with van der Waals surface area (Å²) >= 11 is 8.67. The Hall–Kier alpha value is -0.280. The van der Waals surface area contributed by atoms with Crippen LogP contribution in [-0.4, -0.2) is 16.2 Å². The zero-order chi connectivity index (χ0) is 8.43. The third kappa shape index (κ3) is 2.11. The van der Waals surface area contributed by atoms with Crippen LogP contribution in [0.25, 0.3) is 0 Å². The molecule has 0 N–H and O–H groups in total. The number of rotatable bonds is 2. The molecule has 0 saturated carbocycles. The van der Waals surface area contributed by atoms with Crippen molar-refractivity contribution in [2.45, 2.75) is 7.43 Å². The molecule has 12 heavy (non-hydrogen) atoms. The molecule has 0 aliphatic rings. The van der Waals surface area contributed by atoms with E-state index in [0.717, 1.165) is 4.60 Å². The lowest BCUT2D eigenvalue weighted by molar-refractivity contribution is 0.101. The molecule has 0 radical (unpaired) electrons. The molecule has 0 spiro atoms. The van der Waals surface area contributed by atoms with Gasteiger partial charge >= 0.3 is 0 Å². The summed E-state index contributed by atoms with van der Waals surface area (Å²) in [7, 11) is 1.81. The molecular weight excluding hydrogens is 241 g/mol. The molecule has 1 aromatic rings. The van der Waals surface area contributed by atoms with E-state index in [1.165, 1.54) is 0 Å². The van der Waals surface area contributed by atoms with Crippen molar-refractivity contribution in [2.75, 3.05) is 5.88 Å². The quantitative estimate of drug-likeness (QED) is 0.586. The van der Waals surface area contributed by atoms with Crippen LogP contribution in [-0.2, 0) is 7.05 Å². The highest BCUT2D eigenvalue weighted by molar-refractivity contribution is 9.10. The van der Waals surface area contributed by atoms with Crippen LogP contribution in [0.15, 0.2) is 16.7 Å². The fourth-order valence-electron chi connectivity index (χ4n) is 0.835. The summed E-state index contributed by atoms with van der Waals surface area (Å²) in [5.41, 5.74) is 0.631. The predicted octanol–water partition coefficient (Wildman–Crippen LogP) is 2.85. The minimum atomic E-state index is -0.0557. The van der Waals surface area contributed by atoms with Crippen LogP contribution in [0.4, 0.5) is 0 Å². The van der Waals surface area contributed by atoms with Gasteiger partial charge in [0.1, 0.15) is 0 Å². The van der Waals surface area contributed by atoms with Gasteiger partial charge in [-0.2, -0.15) is 0 Å². The van der Waals surface area contributed by atoms with Gasteiger partial charge in [0.05, 0.1) is 16.2 Å². The number of aromatic nitrogens is 1. The van der Waals surface area contributed by atoms with Gasteiger partial charge in [0.25, 0.3) is 0 Å². The predicted molar refractivity (Wildman–Crippen MR) is 54.9 cm³/mol. The molecule has 0 amide bonds. The van der Waals surface area contributed by atoms with Crippen molar-refractivity contribution >= 4 is 33.3 Å². The third-order valence-corrected chi connectivity index (χ3v) is 2.51. The van der Waals surface area contributed by atoms with Crippen molar-refractivity contribution in [2.24, 2.45) is 7.05 Å². The molecule has 68 valence electrons. The molecule has 0 aliphatic carbocycles. The summed E-state index contributed by atoms with van der Waals surface area (Å²) in [6.07, 6.45) is 0. The second-order valence-corrected chi connectivity index (χ2v) is 3.24. The summed E-state index contributed by atoms with van der Waals surface area (Å²) in [5, 5.41) is 0. The van der Waals surface area contributed by atoms with Gasteiger partial charge in [0.15, 0.2) is 5.78 Å². The first-order valence-corrected chi connectivity index (χ1v) is 4.40. The van der Waals surface area contributed by atoms with Crippen LogP contribution >= 0.6 is 27.5 Å². The Balaban J connectivity index is 0.00000121. The summed E-state index contributed by atoms with van der Waals surface area (Å²) in [5.74, 6) is -0.0236. The highest BCUT2D eigenvalue weighted by Crippen LogP contribution is 2.13. The minimum absolute atomic E-state index is 0. The van der Waals surface area contributed by atoms with E-state index in [0.29, 0.717) is 5.69 Å². The van der Waals surface area contributed by atoms with Crippen LogP contribution in [0.1, 0.15) is 17.9 Å². The van der Waals surface area contributed by atoms with Gasteiger partial charge in [0.2, 0.25) is 0 Å². The maximum absolute atomic E-state index is 11.1. The van der Waals surface area contributed by atoms with Gasteiger partial charge in [-0.1, -0.05) is 7.43 Å². The molecule has 1 aromatic heterocycles. The summed E-state index contributed by atoms with van der Waals surface area (Å²) in [4.78, 5) is 11.1. The average Bonchev–Trinajstić information content (AvgIpc) is 2.32. The first-order valence-electron chi connectivity index (χ1n) is 3.07. The molecule has 1 rings (SSSR count). The monoisotopic (exact) mass is 251 g/mol. The van der Waals surface area contributed by atoms with E-state index in [9.17, 15) is 4.79 Å². The Morgan fingerprint density at radius 3 is 2.58 bits per heavy atom. The standard InChI is InChI=1S/C7H7BrClNO.CH4/c1-10-5(6(11)4-9)2-3-7(10)8;/h2-3H,4H2,1H3;1H4. The van der Waals surface area contributed by atoms with Crippen LogP contribution in [0.2, 0.25) is 0 Å². The number of carbonyl (C=O) groups is 1. The van der Waals surface area contributed by atoms with Crippen molar-refractivity contribution in [3.8, 4) is 0 Å². The summed E-state index contributed by atoms with van der Waals surface area (Å²) in [6, 6.07) is 3.56. The van der Waals surface area contributed by atoms with Crippen molar-refractivity contribution < 1.29 is 4.79 Å². The third-order valence-electron chi connectivity index (χ3n) is 1.47. The van der Waals surface area contributed by atoms with E-state index in [1.807, 2.05) is 13.1 Å². The number of hydrogen-bond acceptors (Lipinski definition) is 1. The Kier molecular flexibility index (Phi) is 4.57. The summed E-state index contributed by atoms with van der Waals surface area (Å²) in [6.45, 7) is 0. The first kappa shape index (κ1) is 11.7. The van der Waals surface area contributed by atoms with Crippen LogP contribution in [0.3, 0.4) is 0 Å². The second kappa shape index (κ2) is 4.67. The van der Waals surface area contributed by atoms with E-state index >= 15 is 0 Å². The highest BCUT2D eigenvalue weighted by atomic mass is 79.9. The maximum Gasteiger partial charge on any atom is 0.193 e. The maximum atomic E-state index is 11.1. The van der Waals surface area contributed by atoms with Crippen molar-refractivity contribution in [1.29, 1.82) is 0 Å². The fraction of sp³-hybridized carbons (Fsp3) is 0.375. The van der Waals surface area contributed by atoms with E-state index in [-0.39, 0.29) is 19.1 Å². The lowest BCUT2D eigenvalue weighted by Gasteiger charge is -1.99. The van der Waals surface area contributed by atoms with Crippen molar-refractivity contribution in [3.05, 3.63) is 22.4 Å². The average molecular weight is 253 g/mol. The smallest absolute Gasteiger partial charge is 0.193 e. The largest absolute Gasteiger partial charge is 0.336 e. The highest BCUT2D eigenvalue weighted by Gasteiger charge is 2.08. The first-order chi connectivity index (χ1) is 5.16. The molecule has 0 saturated heterocycles. The molecule has 0 atom stereocenters. The molecule has 0 bridgehead atoms.